The maximum Gasteiger partial charge on any atom is 0.306 e. The summed E-state index contributed by atoms with van der Waals surface area (Å²) in [7, 11) is 1.36. The van der Waals surface area contributed by atoms with Gasteiger partial charge in [0.2, 0.25) is 0 Å². The summed E-state index contributed by atoms with van der Waals surface area (Å²) in [6, 6.07) is 5.44. The Morgan fingerprint density at radius 3 is 3.00 bits per heavy atom. The number of ether oxygens (including phenoxy) is 1. The number of phenols is 1. The van der Waals surface area contributed by atoms with Crippen molar-refractivity contribution in [1.82, 2.24) is 5.32 Å². The summed E-state index contributed by atoms with van der Waals surface area (Å²) in [6.45, 7) is 1.04. The second-order valence-electron chi connectivity index (χ2n) is 3.25. The number of nitrogens with one attached hydrogen (secondary N) is 1. The Hall–Kier alpha value is -1.07. The van der Waals surface area contributed by atoms with Crippen molar-refractivity contribution in [1.29, 1.82) is 0 Å². The highest BCUT2D eigenvalue weighted by molar-refractivity contribution is 9.10. The van der Waals surface area contributed by atoms with Crippen molar-refractivity contribution in [2.75, 3.05) is 13.7 Å². The Bertz CT molecular complexity index is 368. The first kappa shape index (κ1) is 13.0. The van der Waals surface area contributed by atoms with E-state index in [0.717, 1.165) is 5.56 Å². The quantitative estimate of drug-likeness (QED) is 0.641. The summed E-state index contributed by atoms with van der Waals surface area (Å²) in [4.78, 5) is 10.8. The largest absolute Gasteiger partial charge is 0.506 e. The van der Waals surface area contributed by atoms with Crippen LogP contribution in [-0.2, 0) is 16.1 Å². The fourth-order valence-corrected chi connectivity index (χ4v) is 1.63. The van der Waals surface area contributed by atoms with Gasteiger partial charge in [-0.2, -0.15) is 0 Å². The smallest absolute Gasteiger partial charge is 0.306 e. The molecule has 0 aliphatic rings. The fraction of sp³-hybridized carbons (Fsp3) is 0.364. The van der Waals surface area contributed by atoms with Crippen molar-refractivity contribution in [3.8, 4) is 5.75 Å². The van der Waals surface area contributed by atoms with Crippen molar-refractivity contribution < 1.29 is 14.6 Å². The van der Waals surface area contributed by atoms with E-state index < -0.39 is 0 Å². The van der Waals surface area contributed by atoms with Crippen molar-refractivity contribution in [3.63, 3.8) is 0 Å². The number of para-hydroxylation sites is 1. The lowest BCUT2D eigenvalue weighted by Gasteiger charge is -2.07. The van der Waals surface area contributed by atoms with Gasteiger partial charge in [-0.3, -0.25) is 4.79 Å². The second kappa shape index (κ2) is 6.50. The van der Waals surface area contributed by atoms with Crippen molar-refractivity contribution in [2.24, 2.45) is 0 Å². The molecule has 0 saturated carbocycles. The lowest BCUT2D eigenvalue weighted by Crippen LogP contribution is -2.18. The van der Waals surface area contributed by atoms with Crippen LogP contribution in [0.25, 0.3) is 0 Å². The zero-order valence-corrected chi connectivity index (χ0v) is 10.6. The number of phenolic OH excluding ortho intramolecular Hbond substituents is 1. The molecule has 0 aromatic heterocycles. The maximum atomic E-state index is 10.8. The van der Waals surface area contributed by atoms with Crippen LogP contribution in [0, 0.1) is 0 Å². The van der Waals surface area contributed by atoms with Gasteiger partial charge in [0.25, 0.3) is 0 Å². The van der Waals surface area contributed by atoms with E-state index in [1.807, 2.05) is 12.1 Å². The van der Waals surface area contributed by atoms with Gasteiger partial charge in [-0.1, -0.05) is 12.1 Å². The molecule has 0 aliphatic carbocycles. The first-order valence-corrected chi connectivity index (χ1v) is 5.68. The van der Waals surface area contributed by atoms with E-state index >= 15 is 0 Å². The van der Waals surface area contributed by atoms with E-state index in [9.17, 15) is 9.90 Å². The Morgan fingerprint density at radius 1 is 1.56 bits per heavy atom. The van der Waals surface area contributed by atoms with Gasteiger partial charge in [-0.25, -0.2) is 0 Å². The predicted octanol–water partition coefficient (Wildman–Crippen LogP) is 1.81. The monoisotopic (exact) mass is 287 g/mol. The highest BCUT2D eigenvalue weighted by atomic mass is 79.9. The lowest BCUT2D eigenvalue weighted by atomic mass is 10.2. The molecule has 0 atom stereocenters. The van der Waals surface area contributed by atoms with Gasteiger partial charge in [0.1, 0.15) is 5.75 Å². The molecule has 0 heterocycles. The number of methoxy groups -OCH3 is 1. The van der Waals surface area contributed by atoms with Crippen LogP contribution >= 0.6 is 15.9 Å². The van der Waals surface area contributed by atoms with Gasteiger partial charge in [0, 0.05) is 18.7 Å². The summed E-state index contributed by atoms with van der Waals surface area (Å²) < 4.78 is 5.18. The Kier molecular flexibility index (Phi) is 5.28. The second-order valence-corrected chi connectivity index (χ2v) is 4.10. The van der Waals surface area contributed by atoms with Crippen LogP contribution in [0.4, 0.5) is 0 Å². The number of halogens is 1. The maximum absolute atomic E-state index is 10.8. The number of hydrogen-bond donors (Lipinski definition) is 2. The third kappa shape index (κ3) is 3.83. The first-order chi connectivity index (χ1) is 7.65. The molecule has 1 rings (SSSR count). The van der Waals surface area contributed by atoms with Crippen LogP contribution in [0.3, 0.4) is 0 Å². The minimum Gasteiger partial charge on any atom is -0.506 e. The van der Waals surface area contributed by atoms with Crippen molar-refractivity contribution in [3.05, 3.63) is 28.2 Å². The van der Waals surface area contributed by atoms with E-state index in [1.54, 1.807) is 6.07 Å². The van der Waals surface area contributed by atoms with E-state index in [-0.39, 0.29) is 11.7 Å². The molecular formula is C11H14BrNO3. The van der Waals surface area contributed by atoms with Crippen LogP contribution in [0.1, 0.15) is 12.0 Å². The summed E-state index contributed by atoms with van der Waals surface area (Å²) >= 11 is 3.24. The van der Waals surface area contributed by atoms with Crippen LogP contribution in [0.2, 0.25) is 0 Å². The molecule has 1 aromatic rings. The van der Waals surface area contributed by atoms with Gasteiger partial charge < -0.3 is 15.2 Å². The summed E-state index contributed by atoms with van der Waals surface area (Å²) in [5.41, 5.74) is 0.791. The zero-order chi connectivity index (χ0) is 12.0. The van der Waals surface area contributed by atoms with Crippen LogP contribution in [0.15, 0.2) is 22.7 Å². The first-order valence-electron chi connectivity index (χ1n) is 4.89. The average Bonchev–Trinajstić information content (AvgIpc) is 2.29. The van der Waals surface area contributed by atoms with Crippen LogP contribution in [-0.4, -0.2) is 24.7 Å². The zero-order valence-electron chi connectivity index (χ0n) is 9.00. The minimum absolute atomic E-state index is 0.230. The molecule has 0 saturated heterocycles. The van der Waals surface area contributed by atoms with Crippen molar-refractivity contribution >= 4 is 21.9 Å². The lowest BCUT2D eigenvalue weighted by molar-refractivity contribution is -0.140. The van der Waals surface area contributed by atoms with Gasteiger partial charge in [0.05, 0.1) is 18.0 Å². The molecule has 4 nitrogen and oxygen atoms in total. The number of benzene rings is 1. The molecule has 0 aliphatic heterocycles. The minimum atomic E-state index is -0.244. The molecule has 0 fully saturated rings. The predicted molar refractivity (Wildman–Crippen MR) is 64.1 cm³/mol. The van der Waals surface area contributed by atoms with E-state index in [2.05, 4.69) is 26.0 Å². The third-order valence-corrected chi connectivity index (χ3v) is 2.76. The highest BCUT2D eigenvalue weighted by Gasteiger charge is 2.04. The molecule has 2 N–H and O–H groups in total. The standard InChI is InChI=1S/C11H14BrNO3/c1-16-10(14)5-6-13-7-8-3-2-4-9(12)11(8)15/h2-4,13,15H,5-7H2,1H3. The Morgan fingerprint density at radius 2 is 2.31 bits per heavy atom. The van der Waals surface area contributed by atoms with Crippen LogP contribution in [0.5, 0.6) is 5.75 Å². The molecule has 88 valence electrons. The molecule has 0 spiro atoms. The Balaban J connectivity index is 2.38. The fourth-order valence-electron chi connectivity index (χ4n) is 1.22. The highest BCUT2D eigenvalue weighted by Crippen LogP contribution is 2.26. The van der Waals surface area contributed by atoms with Gasteiger partial charge >= 0.3 is 5.97 Å². The number of hydrogen-bond acceptors (Lipinski definition) is 4. The molecule has 0 radical (unpaired) electrons. The third-order valence-electron chi connectivity index (χ3n) is 2.12. The van der Waals surface area contributed by atoms with E-state index in [4.69, 9.17) is 0 Å². The van der Waals surface area contributed by atoms with Crippen LogP contribution < -0.4 is 5.32 Å². The number of aromatic hydroxyl groups is 1. The Labute approximate surface area is 103 Å². The molecule has 5 heteroatoms. The number of rotatable bonds is 5. The molecule has 0 bridgehead atoms. The van der Waals surface area contributed by atoms with Gasteiger partial charge in [-0.05, 0) is 22.0 Å². The van der Waals surface area contributed by atoms with Crippen molar-refractivity contribution in [2.45, 2.75) is 13.0 Å². The summed E-state index contributed by atoms with van der Waals surface area (Å²) in [5.74, 6) is -0.0148. The van der Waals surface area contributed by atoms with E-state index in [1.165, 1.54) is 7.11 Å². The number of carbonyl (C=O) groups excluding carboxylic acids is 1. The summed E-state index contributed by atoms with van der Waals surface area (Å²) in [5, 5.41) is 12.7. The SMILES string of the molecule is COC(=O)CCNCc1cccc(Br)c1O. The molecule has 1 aromatic carbocycles. The molecular weight excluding hydrogens is 274 g/mol. The average molecular weight is 288 g/mol. The normalized spacial score (nSPS) is 10.1. The molecule has 0 amide bonds. The van der Waals surface area contributed by atoms with Gasteiger partial charge in [-0.15, -0.1) is 0 Å². The van der Waals surface area contributed by atoms with Gasteiger partial charge in [0.15, 0.2) is 0 Å². The summed E-state index contributed by atoms with van der Waals surface area (Å²) in [6.07, 6.45) is 0.325. The molecule has 16 heavy (non-hydrogen) atoms. The topological polar surface area (TPSA) is 58.6 Å². The number of carbonyl (C=O) groups is 1. The van der Waals surface area contributed by atoms with E-state index in [0.29, 0.717) is 24.0 Å². The molecule has 0 unspecified atom stereocenters. The number of esters is 1.